The van der Waals surface area contributed by atoms with E-state index in [0.717, 1.165) is 27.3 Å². The average Bonchev–Trinajstić information content (AvgIpc) is 2.69. The van der Waals surface area contributed by atoms with Crippen LogP contribution in [-0.4, -0.2) is 23.9 Å². The first kappa shape index (κ1) is 16.7. The Hall–Kier alpha value is -2.73. The van der Waals surface area contributed by atoms with E-state index in [1.807, 2.05) is 47.5 Å². The van der Waals surface area contributed by atoms with Crippen molar-refractivity contribution in [2.45, 2.75) is 0 Å². The predicted octanol–water partition coefficient (Wildman–Crippen LogP) is 4.67. The summed E-state index contributed by atoms with van der Waals surface area (Å²) in [6, 6.07) is 20.3. The van der Waals surface area contributed by atoms with E-state index in [0.29, 0.717) is 13.2 Å². The van der Waals surface area contributed by atoms with Gasteiger partial charge in [-0.15, -0.1) is 0 Å². The Morgan fingerprint density at radius 1 is 0.923 bits per heavy atom. The molecule has 0 aliphatic carbocycles. The maximum Gasteiger partial charge on any atom is 0.123 e. The van der Waals surface area contributed by atoms with Crippen LogP contribution in [0.2, 0.25) is 0 Å². The molecule has 2 aromatic carbocycles. The van der Waals surface area contributed by atoms with Gasteiger partial charge in [-0.3, -0.25) is 4.98 Å². The van der Waals surface area contributed by atoms with Gasteiger partial charge in [-0.2, -0.15) is 5.10 Å². The molecule has 0 fully saturated rings. The third-order valence-corrected chi connectivity index (χ3v) is 4.84. The SMILES string of the molecule is Fc1ccc(N2CC(c3ccccn3)=NN(c3ccccc3Br)C2)cc1. The summed E-state index contributed by atoms with van der Waals surface area (Å²) >= 11 is 3.60. The molecule has 0 amide bonds. The van der Waals surface area contributed by atoms with E-state index in [-0.39, 0.29) is 5.82 Å². The topological polar surface area (TPSA) is 31.7 Å². The summed E-state index contributed by atoms with van der Waals surface area (Å²) in [7, 11) is 0. The zero-order valence-electron chi connectivity index (χ0n) is 13.9. The minimum absolute atomic E-state index is 0.243. The zero-order chi connectivity index (χ0) is 17.9. The standard InChI is InChI=1S/C20H16BrFN4/c21-17-5-1-2-7-20(17)26-14-25(16-10-8-15(22)9-11-16)13-19(24-26)18-6-3-4-12-23-18/h1-12H,13-14H2. The highest BCUT2D eigenvalue weighted by Crippen LogP contribution is 2.29. The summed E-state index contributed by atoms with van der Waals surface area (Å²) in [5.41, 5.74) is 3.59. The molecule has 0 atom stereocenters. The van der Waals surface area contributed by atoms with Crippen molar-refractivity contribution in [1.82, 2.24) is 4.98 Å². The Kier molecular flexibility index (Phi) is 4.67. The van der Waals surface area contributed by atoms with Gasteiger partial charge in [0.1, 0.15) is 18.2 Å². The van der Waals surface area contributed by atoms with Gasteiger partial charge in [0.15, 0.2) is 0 Å². The lowest BCUT2D eigenvalue weighted by Gasteiger charge is -2.35. The van der Waals surface area contributed by atoms with Crippen molar-refractivity contribution in [1.29, 1.82) is 0 Å². The van der Waals surface area contributed by atoms with E-state index in [1.165, 1.54) is 12.1 Å². The van der Waals surface area contributed by atoms with E-state index in [1.54, 1.807) is 18.3 Å². The van der Waals surface area contributed by atoms with Crippen LogP contribution >= 0.6 is 15.9 Å². The lowest BCUT2D eigenvalue weighted by Crippen LogP contribution is -2.44. The van der Waals surface area contributed by atoms with Crippen LogP contribution in [0.1, 0.15) is 5.69 Å². The van der Waals surface area contributed by atoms with Crippen LogP contribution in [0, 0.1) is 5.82 Å². The van der Waals surface area contributed by atoms with E-state index >= 15 is 0 Å². The van der Waals surface area contributed by atoms with Gasteiger partial charge in [-0.1, -0.05) is 18.2 Å². The first-order valence-electron chi connectivity index (χ1n) is 8.22. The first-order valence-corrected chi connectivity index (χ1v) is 9.01. The molecule has 0 saturated heterocycles. The number of pyridine rings is 1. The van der Waals surface area contributed by atoms with Crippen LogP contribution in [-0.2, 0) is 0 Å². The molecule has 0 N–H and O–H groups in total. The molecular formula is C20H16BrFN4. The highest BCUT2D eigenvalue weighted by atomic mass is 79.9. The molecule has 0 radical (unpaired) electrons. The summed E-state index contributed by atoms with van der Waals surface area (Å²) in [5.74, 6) is -0.243. The van der Waals surface area contributed by atoms with Crippen molar-refractivity contribution < 1.29 is 4.39 Å². The van der Waals surface area contributed by atoms with E-state index in [9.17, 15) is 4.39 Å². The number of hydrazone groups is 1. The molecule has 2 heterocycles. The Morgan fingerprint density at radius 2 is 1.69 bits per heavy atom. The molecule has 1 aliphatic heterocycles. The van der Waals surface area contributed by atoms with Gasteiger partial charge in [-0.25, -0.2) is 9.40 Å². The maximum atomic E-state index is 13.3. The number of hydrogen-bond acceptors (Lipinski definition) is 4. The summed E-state index contributed by atoms with van der Waals surface area (Å²) < 4.78 is 14.3. The molecule has 4 nitrogen and oxygen atoms in total. The van der Waals surface area contributed by atoms with Crippen molar-refractivity contribution in [3.8, 4) is 0 Å². The summed E-state index contributed by atoms with van der Waals surface area (Å²) in [6.07, 6.45) is 1.76. The van der Waals surface area contributed by atoms with Crippen LogP contribution in [0.3, 0.4) is 0 Å². The summed E-state index contributed by atoms with van der Waals surface area (Å²) in [5, 5.41) is 6.75. The fourth-order valence-electron chi connectivity index (χ4n) is 2.88. The summed E-state index contributed by atoms with van der Waals surface area (Å²) in [6.45, 7) is 1.16. The Bertz CT molecular complexity index is 928. The number of halogens is 2. The van der Waals surface area contributed by atoms with Crippen LogP contribution in [0.15, 0.2) is 82.5 Å². The number of para-hydroxylation sites is 1. The number of nitrogens with zero attached hydrogens (tertiary/aromatic N) is 4. The molecule has 1 aliphatic rings. The fraction of sp³-hybridized carbons (Fsp3) is 0.100. The zero-order valence-corrected chi connectivity index (χ0v) is 15.5. The Morgan fingerprint density at radius 3 is 2.42 bits per heavy atom. The van der Waals surface area contributed by atoms with Gasteiger partial charge >= 0.3 is 0 Å². The third-order valence-electron chi connectivity index (χ3n) is 4.17. The molecule has 4 rings (SSSR count). The second kappa shape index (κ2) is 7.25. The van der Waals surface area contributed by atoms with E-state index in [2.05, 4.69) is 25.8 Å². The van der Waals surface area contributed by atoms with Gasteiger partial charge in [0, 0.05) is 16.4 Å². The van der Waals surface area contributed by atoms with Gasteiger partial charge in [0.2, 0.25) is 0 Å². The van der Waals surface area contributed by atoms with E-state index < -0.39 is 0 Å². The third kappa shape index (κ3) is 3.46. The molecule has 0 saturated carbocycles. The molecule has 0 bridgehead atoms. The second-order valence-corrected chi connectivity index (χ2v) is 6.78. The van der Waals surface area contributed by atoms with Crippen LogP contribution in [0.5, 0.6) is 0 Å². The van der Waals surface area contributed by atoms with Crippen molar-refractivity contribution >= 4 is 33.0 Å². The maximum absolute atomic E-state index is 13.3. The Balaban J connectivity index is 1.75. The van der Waals surface area contributed by atoms with Crippen LogP contribution < -0.4 is 9.91 Å². The fourth-order valence-corrected chi connectivity index (χ4v) is 3.37. The normalized spacial score (nSPS) is 14.3. The van der Waals surface area contributed by atoms with Crippen LogP contribution in [0.4, 0.5) is 15.8 Å². The van der Waals surface area contributed by atoms with Gasteiger partial charge in [-0.05, 0) is 64.5 Å². The predicted molar refractivity (Wildman–Crippen MR) is 106 cm³/mol. The number of anilines is 2. The first-order chi connectivity index (χ1) is 12.7. The molecule has 6 heteroatoms. The van der Waals surface area contributed by atoms with Crippen molar-refractivity contribution in [3.05, 3.63) is 88.9 Å². The van der Waals surface area contributed by atoms with Crippen molar-refractivity contribution in [3.63, 3.8) is 0 Å². The van der Waals surface area contributed by atoms with Gasteiger partial charge in [0.05, 0.1) is 17.9 Å². The van der Waals surface area contributed by atoms with E-state index in [4.69, 9.17) is 5.10 Å². The number of rotatable bonds is 3. The second-order valence-electron chi connectivity index (χ2n) is 5.93. The van der Waals surface area contributed by atoms with Crippen molar-refractivity contribution in [2.24, 2.45) is 5.10 Å². The molecule has 26 heavy (non-hydrogen) atoms. The molecule has 3 aromatic rings. The van der Waals surface area contributed by atoms with Crippen LogP contribution in [0.25, 0.3) is 0 Å². The highest BCUT2D eigenvalue weighted by molar-refractivity contribution is 9.10. The summed E-state index contributed by atoms with van der Waals surface area (Å²) in [4.78, 5) is 6.59. The van der Waals surface area contributed by atoms with Gasteiger partial charge in [0.25, 0.3) is 0 Å². The number of hydrogen-bond donors (Lipinski definition) is 0. The Labute approximate surface area is 159 Å². The van der Waals surface area contributed by atoms with Crippen molar-refractivity contribution in [2.75, 3.05) is 23.1 Å². The van der Waals surface area contributed by atoms with Gasteiger partial charge < -0.3 is 4.90 Å². The molecule has 1 aromatic heterocycles. The smallest absolute Gasteiger partial charge is 0.123 e. The lowest BCUT2D eigenvalue weighted by atomic mass is 10.2. The quantitative estimate of drug-likeness (QED) is 0.628. The average molecular weight is 411 g/mol. The minimum Gasteiger partial charge on any atom is -0.346 e. The monoisotopic (exact) mass is 410 g/mol. The largest absolute Gasteiger partial charge is 0.346 e. The molecule has 130 valence electrons. The highest BCUT2D eigenvalue weighted by Gasteiger charge is 2.23. The number of aromatic nitrogens is 1. The molecule has 0 unspecified atom stereocenters. The molecular weight excluding hydrogens is 395 g/mol. The number of benzene rings is 2. The lowest BCUT2D eigenvalue weighted by molar-refractivity contribution is 0.627. The minimum atomic E-state index is -0.243. The molecule has 0 spiro atoms.